The molecule has 1 aliphatic rings. The minimum Gasteiger partial charge on any atom is -0.399 e. The molecule has 0 radical (unpaired) electrons. The van der Waals surface area contributed by atoms with Gasteiger partial charge in [-0.15, -0.1) is 0 Å². The lowest BCUT2D eigenvalue weighted by molar-refractivity contribution is 0.0200. The number of anilines is 1. The van der Waals surface area contributed by atoms with Gasteiger partial charge in [-0.3, -0.25) is 0 Å². The first-order valence-corrected chi connectivity index (χ1v) is 8.50. The van der Waals surface area contributed by atoms with E-state index in [1.54, 1.807) is 0 Å². The highest BCUT2D eigenvalue weighted by molar-refractivity contribution is 7.89. The maximum atomic E-state index is 12.3. The highest BCUT2D eigenvalue weighted by atomic mass is 35.5. The summed E-state index contributed by atoms with van der Waals surface area (Å²) in [7, 11) is -3.79. The fourth-order valence-corrected chi connectivity index (χ4v) is 4.37. The van der Waals surface area contributed by atoms with E-state index in [2.05, 4.69) is 4.72 Å². The molecule has 20 heavy (non-hydrogen) atoms. The van der Waals surface area contributed by atoms with Crippen LogP contribution in [0.15, 0.2) is 17.0 Å². The maximum Gasteiger partial charge on any atom is 0.243 e. The summed E-state index contributed by atoms with van der Waals surface area (Å²) in [5.41, 5.74) is 5.87. The largest absolute Gasteiger partial charge is 0.399 e. The molecule has 1 atom stereocenters. The Bertz CT molecular complexity index is 563. The molecule has 1 unspecified atom stereocenters. The molecule has 0 saturated carbocycles. The molecule has 1 aromatic rings. The molecule has 1 saturated heterocycles. The van der Waals surface area contributed by atoms with Gasteiger partial charge in [-0.05, 0) is 31.4 Å². The van der Waals surface area contributed by atoms with Crippen molar-refractivity contribution in [3.8, 4) is 0 Å². The smallest absolute Gasteiger partial charge is 0.243 e. The van der Waals surface area contributed by atoms with Gasteiger partial charge in [0.25, 0.3) is 0 Å². The second kappa shape index (κ2) is 6.49. The number of sulfonamides is 1. The average Bonchev–Trinajstić information content (AvgIpc) is 2.36. The van der Waals surface area contributed by atoms with Crippen molar-refractivity contribution in [1.82, 2.24) is 4.72 Å². The number of nitrogen functional groups attached to an aromatic ring is 1. The number of halogens is 2. The van der Waals surface area contributed by atoms with Gasteiger partial charge in [-0.2, -0.15) is 0 Å². The van der Waals surface area contributed by atoms with Gasteiger partial charge in [0.05, 0.1) is 16.1 Å². The molecular formula is C12H16Cl2N2O3S. The maximum absolute atomic E-state index is 12.3. The van der Waals surface area contributed by atoms with Crippen molar-refractivity contribution in [2.45, 2.75) is 30.3 Å². The van der Waals surface area contributed by atoms with Gasteiger partial charge in [-0.25, -0.2) is 13.1 Å². The summed E-state index contributed by atoms with van der Waals surface area (Å²) in [5, 5.41) is 0.0131. The molecule has 1 fully saturated rings. The molecule has 0 bridgehead atoms. The Morgan fingerprint density at radius 2 is 1.95 bits per heavy atom. The Labute approximate surface area is 128 Å². The fraction of sp³-hybridized carbons (Fsp3) is 0.500. The molecule has 1 aliphatic heterocycles. The summed E-state index contributed by atoms with van der Waals surface area (Å²) >= 11 is 11.9. The van der Waals surface area contributed by atoms with Crippen LogP contribution in [0.2, 0.25) is 10.0 Å². The third kappa shape index (κ3) is 3.77. The minimum atomic E-state index is -3.79. The van der Waals surface area contributed by atoms with Crippen LogP contribution in [0.3, 0.4) is 0 Å². The molecule has 3 N–H and O–H groups in total. The van der Waals surface area contributed by atoms with Crippen molar-refractivity contribution in [3.63, 3.8) is 0 Å². The molecular weight excluding hydrogens is 323 g/mol. The predicted molar refractivity (Wildman–Crippen MR) is 79.7 cm³/mol. The Hall–Kier alpha value is -0.530. The lowest BCUT2D eigenvalue weighted by atomic mass is 10.1. The van der Waals surface area contributed by atoms with Crippen LogP contribution in [0.4, 0.5) is 5.69 Å². The molecule has 1 heterocycles. The Morgan fingerprint density at radius 1 is 1.30 bits per heavy atom. The van der Waals surface area contributed by atoms with Gasteiger partial charge in [-0.1, -0.05) is 23.2 Å². The molecule has 0 spiro atoms. The number of nitrogens with one attached hydrogen (secondary N) is 1. The zero-order chi connectivity index (χ0) is 14.8. The third-order valence-electron chi connectivity index (χ3n) is 3.06. The van der Waals surface area contributed by atoms with E-state index in [-0.39, 0.29) is 27.6 Å². The Balaban J connectivity index is 2.14. The van der Waals surface area contributed by atoms with Gasteiger partial charge < -0.3 is 10.5 Å². The lowest BCUT2D eigenvalue weighted by Gasteiger charge is -2.23. The van der Waals surface area contributed by atoms with Crippen LogP contribution in [0.25, 0.3) is 0 Å². The first kappa shape index (κ1) is 15.9. The van der Waals surface area contributed by atoms with E-state index in [1.165, 1.54) is 12.1 Å². The van der Waals surface area contributed by atoms with E-state index in [0.29, 0.717) is 12.3 Å². The summed E-state index contributed by atoms with van der Waals surface area (Å²) in [5.74, 6) is 0. The SMILES string of the molecule is Nc1cc(Cl)c(S(=O)(=O)NCC2CCCCO2)c(Cl)c1. The standard InChI is InChI=1S/C12H16Cl2N2O3S/c13-10-5-8(15)6-11(14)12(10)20(17,18)16-7-9-3-1-2-4-19-9/h5-6,9,16H,1-4,7,15H2. The van der Waals surface area contributed by atoms with Gasteiger partial charge in [0.2, 0.25) is 10.0 Å². The highest BCUT2D eigenvalue weighted by Crippen LogP contribution is 2.31. The summed E-state index contributed by atoms with van der Waals surface area (Å²) in [6, 6.07) is 2.72. The predicted octanol–water partition coefficient (Wildman–Crippen LogP) is 2.42. The van der Waals surface area contributed by atoms with Crippen molar-refractivity contribution in [3.05, 3.63) is 22.2 Å². The second-order valence-electron chi connectivity index (χ2n) is 4.65. The van der Waals surface area contributed by atoms with Crippen LogP contribution >= 0.6 is 23.2 Å². The van der Waals surface area contributed by atoms with Crippen LogP contribution in [0, 0.1) is 0 Å². The van der Waals surface area contributed by atoms with Crippen LogP contribution in [0.1, 0.15) is 19.3 Å². The number of nitrogens with two attached hydrogens (primary N) is 1. The van der Waals surface area contributed by atoms with E-state index in [1.807, 2.05) is 0 Å². The molecule has 1 aromatic carbocycles. The molecule has 2 rings (SSSR count). The molecule has 112 valence electrons. The van der Waals surface area contributed by atoms with Gasteiger partial charge >= 0.3 is 0 Å². The van der Waals surface area contributed by atoms with E-state index in [4.69, 9.17) is 33.7 Å². The molecule has 8 heteroatoms. The zero-order valence-electron chi connectivity index (χ0n) is 10.7. The highest BCUT2D eigenvalue weighted by Gasteiger charge is 2.24. The topological polar surface area (TPSA) is 81.4 Å². The summed E-state index contributed by atoms with van der Waals surface area (Å²) in [6.45, 7) is 0.870. The Morgan fingerprint density at radius 3 is 2.50 bits per heavy atom. The number of hydrogen-bond acceptors (Lipinski definition) is 4. The zero-order valence-corrected chi connectivity index (χ0v) is 13.1. The van der Waals surface area contributed by atoms with Crippen LogP contribution in [0.5, 0.6) is 0 Å². The monoisotopic (exact) mass is 338 g/mol. The van der Waals surface area contributed by atoms with Crippen molar-refractivity contribution >= 4 is 38.9 Å². The van der Waals surface area contributed by atoms with Gasteiger partial charge in [0, 0.05) is 18.8 Å². The quantitative estimate of drug-likeness (QED) is 0.826. The molecule has 0 aromatic heterocycles. The first-order valence-electron chi connectivity index (χ1n) is 6.26. The van der Waals surface area contributed by atoms with E-state index in [9.17, 15) is 8.42 Å². The summed E-state index contributed by atoms with van der Waals surface area (Å²) in [6.07, 6.45) is 2.78. The number of rotatable bonds is 4. The van der Waals surface area contributed by atoms with Crippen molar-refractivity contribution in [2.75, 3.05) is 18.9 Å². The van der Waals surface area contributed by atoms with E-state index < -0.39 is 10.0 Å². The summed E-state index contributed by atoms with van der Waals surface area (Å²) < 4.78 is 32.5. The van der Waals surface area contributed by atoms with Crippen molar-refractivity contribution in [2.24, 2.45) is 0 Å². The van der Waals surface area contributed by atoms with Gasteiger partial charge in [0.1, 0.15) is 4.90 Å². The van der Waals surface area contributed by atoms with E-state index in [0.717, 1.165) is 19.3 Å². The second-order valence-corrected chi connectivity index (χ2v) is 7.17. The number of hydrogen-bond donors (Lipinski definition) is 2. The molecule has 0 amide bonds. The van der Waals surface area contributed by atoms with Crippen molar-refractivity contribution < 1.29 is 13.2 Å². The fourth-order valence-electron chi connectivity index (χ4n) is 2.08. The molecule has 5 nitrogen and oxygen atoms in total. The van der Waals surface area contributed by atoms with Gasteiger partial charge in [0.15, 0.2) is 0 Å². The average molecular weight is 339 g/mol. The number of benzene rings is 1. The normalized spacial score (nSPS) is 20.0. The van der Waals surface area contributed by atoms with Crippen LogP contribution in [-0.2, 0) is 14.8 Å². The first-order chi connectivity index (χ1) is 9.40. The Kier molecular flexibility index (Phi) is 5.14. The lowest BCUT2D eigenvalue weighted by Crippen LogP contribution is -2.35. The van der Waals surface area contributed by atoms with Crippen molar-refractivity contribution in [1.29, 1.82) is 0 Å². The number of ether oxygens (including phenoxy) is 1. The third-order valence-corrected chi connectivity index (χ3v) is 5.41. The van der Waals surface area contributed by atoms with Crippen LogP contribution in [-0.4, -0.2) is 27.7 Å². The van der Waals surface area contributed by atoms with Crippen LogP contribution < -0.4 is 10.5 Å². The molecule has 0 aliphatic carbocycles. The minimum absolute atomic E-state index is 0.00654. The van der Waals surface area contributed by atoms with E-state index >= 15 is 0 Å². The summed E-state index contributed by atoms with van der Waals surface area (Å²) in [4.78, 5) is -0.147.